The second kappa shape index (κ2) is 5.01. The molecule has 7 nitrogen and oxygen atoms in total. The van der Waals surface area contributed by atoms with Gasteiger partial charge in [0.2, 0.25) is 5.95 Å². The molecule has 0 amide bonds. The number of phenolic OH excluding ortho intramolecular Hbond substituents is 2. The van der Waals surface area contributed by atoms with Crippen molar-refractivity contribution in [3.8, 4) is 22.9 Å². The van der Waals surface area contributed by atoms with E-state index in [1.54, 1.807) is 6.07 Å². The number of anilines is 1. The van der Waals surface area contributed by atoms with E-state index in [2.05, 4.69) is 32.3 Å². The van der Waals surface area contributed by atoms with Crippen molar-refractivity contribution in [2.24, 2.45) is 0 Å². The molecule has 1 fully saturated rings. The van der Waals surface area contributed by atoms with E-state index in [4.69, 9.17) is 0 Å². The Hall–Kier alpha value is -2.28. The first-order valence-corrected chi connectivity index (χ1v) is 6.56. The maximum Gasteiger partial charge on any atom is 0.245 e. The van der Waals surface area contributed by atoms with Gasteiger partial charge < -0.3 is 20.4 Å². The van der Waals surface area contributed by atoms with Crippen LogP contribution >= 0.6 is 0 Å². The van der Waals surface area contributed by atoms with Gasteiger partial charge >= 0.3 is 0 Å². The van der Waals surface area contributed by atoms with Gasteiger partial charge in [0.25, 0.3) is 0 Å². The molecule has 7 heteroatoms. The van der Waals surface area contributed by atoms with Crippen molar-refractivity contribution >= 4 is 5.95 Å². The van der Waals surface area contributed by atoms with Crippen molar-refractivity contribution in [3.63, 3.8) is 0 Å². The van der Waals surface area contributed by atoms with Crippen LogP contribution in [0.4, 0.5) is 5.95 Å². The molecule has 20 heavy (non-hydrogen) atoms. The van der Waals surface area contributed by atoms with Crippen LogP contribution in [0.15, 0.2) is 18.2 Å². The summed E-state index contributed by atoms with van der Waals surface area (Å²) in [6.07, 6.45) is 0. The lowest BCUT2D eigenvalue weighted by Gasteiger charge is -2.30. The number of nitrogens with one attached hydrogen (secondary N) is 2. The summed E-state index contributed by atoms with van der Waals surface area (Å²) in [5.74, 6) is 1.10. The smallest absolute Gasteiger partial charge is 0.245 e. The van der Waals surface area contributed by atoms with E-state index in [0.717, 1.165) is 19.6 Å². The summed E-state index contributed by atoms with van der Waals surface area (Å²) in [6, 6.07) is 4.79. The van der Waals surface area contributed by atoms with Crippen molar-refractivity contribution in [1.29, 1.82) is 0 Å². The molecule has 0 aliphatic carbocycles. The molecular weight excluding hydrogens is 258 g/mol. The maximum atomic E-state index is 9.84. The highest BCUT2D eigenvalue weighted by atomic mass is 16.3. The van der Waals surface area contributed by atoms with Gasteiger partial charge in [0.05, 0.1) is 5.56 Å². The second-order valence-corrected chi connectivity index (χ2v) is 4.99. The van der Waals surface area contributed by atoms with Gasteiger partial charge in [0, 0.05) is 31.7 Å². The number of aromatic amines is 1. The summed E-state index contributed by atoms with van der Waals surface area (Å²) in [6.45, 7) is 4.71. The number of aromatic hydroxyl groups is 2. The number of aromatic nitrogens is 3. The van der Waals surface area contributed by atoms with E-state index >= 15 is 0 Å². The third-order valence-electron chi connectivity index (χ3n) is 3.36. The van der Waals surface area contributed by atoms with Crippen LogP contribution < -0.4 is 10.2 Å². The number of rotatable bonds is 2. The van der Waals surface area contributed by atoms with Gasteiger partial charge in [-0.15, -0.1) is 5.10 Å². The third-order valence-corrected chi connectivity index (χ3v) is 3.36. The molecule has 0 unspecified atom stereocenters. The van der Waals surface area contributed by atoms with Gasteiger partial charge in [-0.2, -0.15) is 4.98 Å². The number of piperazine rings is 1. The predicted molar refractivity (Wildman–Crippen MR) is 74.8 cm³/mol. The predicted octanol–water partition coefficient (Wildman–Crippen LogP) is 0.681. The molecule has 0 radical (unpaired) electrons. The fourth-order valence-corrected chi connectivity index (χ4v) is 2.35. The van der Waals surface area contributed by atoms with Gasteiger partial charge in [0.1, 0.15) is 11.5 Å². The Morgan fingerprint density at radius 1 is 1.35 bits per heavy atom. The van der Waals surface area contributed by atoms with E-state index in [1.807, 2.05) is 0 Å². The number of hydrogen-bond acceptors (Lipinski definition) is 6. The minimum atomic E-state index is -0.0265. The average Bonchev–Trinajstić information content (AvgIpc) is 2.88. The summed E-state index contributed by atoms with van der Waals surface area (Å²) < 4.78 is 0. The van der Waals surface area contributed by atoms with E-state index in [9.17, 15) is 10.2 Å². The molecule has 0 spiro atoms. The topological polar surface area (TPSA) is 97.3 Å². The molecule has 4 N–H and O–H groups in total. The van der Waals surface area contributed by atoms with Crippen molar-refractivity contribution in [1.82, 2.24) is 20.5 Å². The van der Waals surface area contributed by atoms with Crippen LogP contribution in [-0.4, -0.2) is 51.1 Å². The molecule has 1 aromatic heterocycles. The van der Waals surface area contributed by atoms with Crippen molar-refractivity contribution in [2.75, 3.05) is 24.5 Å². The highest BCUT2D eigenvalue weighted by molar-refractivity contribution is 5.65. The molecule has 1 atom stereocenters. The number of phenols is 2. The van der Waals surface area contributed by atoms with Crippen molar-refractivity contribution in [2.45, 2.75) is 13.0 Å². The maximum absolute atomic E-state index is 9.84. The first kappa shape index (κ1) is 12.7. The van der Waals surface area contributed by atoms with Gasteiger partial charge in [-0.3, -0.25) is 5.10 Å². The first-order valence-electron chi connectivity index (χ1n) is 6.56. The Bertz CT molecular complexity index is 613. The lowest BCUT2D eigenvalue weighted by molar-refractivity contribution is 0.451. The Labute approximate surface area is 116 Å². The highest BCUT2D eigenvalue weighted by Gasteiger charge is 2.20. The summed E-state index contributed by atoms with van der Waals surface area (Å²) in [5, 5.41) is 29.5. The molecule has 1 aliphatic heterocycles. The van der Waals surface area contributed by atoms with E-state index < -0.39 is 0 Å². The third kappa shape index (κ3) is 2.39. The van der Waals surface area contributed by atoms with Crippen LogP contribution in [-0.2, 0) is 0 Å². The number of benzene rings is 1. The molecule has 1 aromatic carbocycles. The van der Waals surface area contributed by atoms with Crippen LogP contribution in [0.3, 0.4) is 0 Å². The molecule has 2 heterocycles. The standard InChI is InChI=1S/C13H17N5O2/c1-8-7-18(5-4-14-8)13-15-12(16-17-13)10-3-2-9(19)6-11(10)20/h2-3,6,8,14,19-20H,4-5,7H2,1H3,(H,15,16,17)/t8-/m1/s1. The molecule has 0 bridgehead atoms. The Balaban J connectivity index is 1.86. The van der Waals surface area contributed by atoms with Crippen LogP contribution in [0, 0.1) is 0 Å². The summed E-state index contributed by atoms with van der Waals surface area (Å²) >= 11 is 0. The van der Waals surface area contributed by atoms with Gasteiger partial charge in [-0.05, 0) is 19.1 Å². The zero-order valence-corrected chi connectivity index (χ0v) is 11.2. The molecular formula is C13H17N5O2. The number of hydrogen-bond donors (Lipinski definition) is 4. The van der Waals surface area contributed by atoms with E-state index in [1.165, 1.54) is 12.1 Å². The highest BCUT2D eigenvalue weighted by Crippen LogP contribution is 2.30. The summed E-state index contributed by atoms with van der Waals surface area (Å²) in [7, 11) is 0. The molecule has 1 saturated heterocycles. The molecule has 0 saturated carbocycles. The summed E-state index contributed by atoms with van der Waals surface area (Å²) in [4.78, 5) is 6.51. The van der Waals surface area contributed by atoms with Crippen LogP contribution in [0.2, 0.25) is 0 Å². The fraction of sp³-hybridized carbons (Fsp3) is 0.385. The quantitative estimate of drug-likeness (QED) is 0.643. The molecule has 2 aromatic rings. The largest absolute Gasteiger partial charge is 0.508 e. The Morgan fingerprint density at radius 2 is 2.20 bits per heavy atom. The van der Waals surface area contributed by atoms with Crippen LogP contribution in [0.25, 0.3) is 11.4 Å². The second-order valence-electron chi connectivity index (χ2n) is 4.99. The Kier molecular flexibility index (Phi) is 3.19. The zero-order valence-electron chi connectivity index (χ0n) is 11.2. The average molecular weight is 275 g/mol. The summed E-state index contributed by atoms with van der Waals surface area (Å²) in [5.41, 5.74) is 0.518. The SMILES string of the molecule is C[C@@H]1CN(c2n[nH]c(-c3ccc(O)cc3O)n2)CCN1. The van der Waals surface area contributed by atoms with Crippen molar-refractivity contribution in [3.05, 3.63) is 18.2 Å². The fourth-order valence-electron chi connectivity index (χ4n) is 2.35. The first-order chi connectivity index (χ1) is 9.63. The molecule has 3 rings (SSSR count). The van der Waals surface area contributed by atoms with Gasteiger partial charge in [0.15, 0.2) is 5.82 Å². The molecule has 1 aliphatic rings. The zero-order chi connectivity index (χ0) is 14.1. The van der Waals surface area contributed by atoms with Crippen molar-refractivity contribution < 1.29 is 10.2 Å². The van der Waals surface area contributed by atoms with Gasteiger partial charge in [-0.25, -0.2) is 0 Å². The normalized spacial score (nSPS) is 19.2. The molecule has 106 valence electrons. The van der Waals surface area contributed by atoms with E-state index in [-0.39, 0.29) is 11.5 Å². The van der Waals surface area contributed by atoms with Crippen LogP contribution in [0.5, 0.6) is 11.5 Å². The number of nitrogens with zero attached hydrogens (tertiary/aromatic N) is 3. The Morgan fingerprint density at radius 3 is 2.95 bits per heavy atom. The lowest BCUT2D eigenvalue weighted by Crippen LogP contribution is -2.49. The monoisotopic (exact) mass is 275 g/mol. The van der Waals surface area contributed by atoms with Gasteiger partial charge in [-0.1, -0.05) is 0 Å². The van der Waals surface area contributed by atoms with E-state index in [0.29, 0.717) is 23.4 Å². The van der Waals surface area contributed by atoms with Crippen LogP contribution in [0.1, 0.15) is 6.92 Å². The number of H-pyrrole nitrogens is 1. The minimum absolute atomic E-state index is 0.0157. The minimum Gasteiger partial charge on any atom is -0.508 e. The lowest BCUT2D eigenvalue weighted by atomic mass is 10.2.